The van der Waals surface area contributed by atoms with Gasteiger partial charge in [-0.15, -0.1) is 0 Å². The van der Waals surface area contributed by atoms with Crippen LogP contribution in [0, 0.1) is 10.1 Å². The molecule has 0 spiro atoms. The summed E-state index contributed by atoms with van der Waals surface area (Å²) in [4.78, 5) is 39.6. The van der Waals surface area contributed by atoms with Gasteiger partial charge in [-0.1, -0.05) is 18.2 Å². The molecule has 0 saturated heterocycles. The van der Waals surface area contributed by atoms with Gasteiger partial charge in [0, 0.05) is 51.9 Å². The van der Waals surface area contributed by atoms with E-state index in [1.165, 1.54) is 22.8 Å². The number of carbonyl (C=O) groups excluding carboxylic acids is 2. The van der Waals surface area contributed by atoms with E-state index < -0.39 is 29.4 Å². The molecule has 2 amide bonds. The predicted molar refractivity (Wildman–Crippen MR) is 120 cm³/mol. The minimum Gasteiger partial charge on any atom is -0.394 e. The smallest absolute Gasteiger partial charge is 0.271 e. The number of rotatable bonds is 6. The molecule has 2 aromatic carbocycles. The van der Waals surface area contributed by atoms with Gasteiger partial charge < -0.3 is 19.8 Å². The van der Waals surface area contributed by atoms with Crippen LogP contribution in [0.2, 0.25) is 0 Å². The second kappa shape index (κ2) is 7.69. The Bertz CT molecular complexity index is 1500. The zero-order valence-electron chi connectivity index (χ0n) is 17.1. The molecule has 33 heavy (non-hydrogen) atoms. The first-order valence-electron chi connectivity index (χ1n) is 10.1. The van der Waals surface area contributed by atoms with Crippen LogP contribution in [-0.2, 0) is 16.1 Å². The lowest BCUT2D eigenvalue weighted by molar-refractivity contribution is -0.384. The number of benzene rings is 2. The summed E-state index contributed by atoms with van der Waals surface area (Å²) >= 11 is 0. The number of amides is 2. The fraction of sp³-hybridized carbons (Fsp3) is 0.130. The van der Waals surface area contributed by atoms with Crippen LogP contribution < -0.4 is 5.32 Å². The number of aliphatic hydroxyl groups excluding tert-OH is 2. The minimum atomic E-state index is -1.12. The molecule has 3 heterocycles. The highest BCUT2D eigenvalue weighted by Crippen LogP contribution is 2.39. The molecule has 0 saturated carbocycles. The Balaban J connectivity index is 1.80. The van der Waals surface area contributed by atoms with Gasteiger partial charge in [-0.05, 0) is 12.1 Å². The number of hydrogen-bond donors (Lipinski definition) is 4. The van der Waals surface area contributed by atoms with Crippen LogP contribution in [0.15, 0.2) is 54.9 Å². The van der Waals surface area contributed by atoms with Gasteiger partial charge in [0.15, 0.2) is 0 Å². The van der Waals surface area contributed by atoms with Crippen LogP contribution >= 0.6 is 0 Å². The number of nitrogens with zero attached hydrogens (tertiary/aromatic N) is 2. The highest BCUT2D eigenvalue weighted by Gasteiger charge is 2.35. The van der Waals surface area contributed by atoms with Crippen LogP contribution in [0.5, 0.6) is 0 Å². The Morgan fingerprint density at radius 2 is 1.76 bits per heavy atom. The van der Waals surface area contributed by atoms with Gasteiger partial charge in [0.2, 0.25) is 0 Å². The molecular formula is C23H18N4O6. The summed E-state index contributed by atoms with van der Waals surface area (Å²) in [6.07, 6.45) is 2.11. The Morgan fingerprint density at radius 1 is 1.03 bits per heavy atom. The van der Waals surface area contributed by atoms with Gasteiger partial charge in [0.1, 0.15) is 0 Å². The molecule has 4 aromatic rings. The van der Waals surface area contributed by atoms with E-state index >= 15 is 0 Å². The fourth-order valence-electron chi connectivity index (χ4n) is 4.28. The Labute approximate surface area is 185 Å². The first-order chi connectivity index (χ1) is 15.9. The van der Waals surface area contributed by atoms with Crippen LogP contribution in [0.3, 0.4) is 0 Å². The maximum absolute atomic E-state index is 12.9. The van der Waals surface area contributed by atoms with Crippen molar-refractivity contribution < 1.29 is 24.7 Å². The third-order valence-corrected chi connectivity index (χ3v) is 5.75. The molecule has 4 N–H and O–H groups in total. The summed E-state index contributed by atoms with van der Waals surface area (Å²) in [5.41, 5.74) is 2.32. The SMILES string of the molecule is O=C1NC(=O)C(c2cn(CC(O)CO)c3cc([N+](=O)[O-])ccc23)=C1c1c[nH]c2ccccc12. The maximum Gasteiger partial charge on any atom is 0.271 e. The predicted octanol–water partition coefficient (Wildman–Crippen LogP) is 1.95. The summed E-state index contributed by atoms with van der Waals surface area (Å²) in [5.74, 6) is -1.13. The summed E-state index contributed by atoms with van der Waals surface area (Å²) in [5, 5.41) is 34.2. The van der Waals surface area contributed by atoms with Crippen LogP contribution in [-0.4, -0.2) is 49.2 Å². The molecule has 0 fully saturated rings. The highest BCUT2D eigenvalue weighted by atomic mass is 16.6. The van der Waals surface area contributed by atoms with Crippen LogP contribution in [0.25, 0.3) is 33.0 Å². The van der Waals surface area contributed by atoms with Crippen molar-refractivity contribution in [2.24, 2.45) is 0 Å². The van der Waals surface area contributed by atoms with Crippen molar-refractivity contribution in [2.75, 3.05) is 6.61 Å². The lowest BCUT2D eigenvalue weighted by atomic mass is 9.95. The van der Waals surface area contributed by atoms with Gasteiger partial charge >= 0.3 is 0 Å². The molecule has 10 heteroatoms. The molecule has 0 bridgehead atoms. The number of aromatic amines is 1. The number of para-hydroxylation sites is 1. The molecular weight excluding hydrogens is 428 g/mol. The molecule has 166 valence electrons. The monoisotopic (exact) mass is 446 g/mol. The van der Waals surface area contributed by atoms with Crippen molar-refractivity contribution in [1.82, 2.24) is 14.9 Å². The van der Waals surface area contributed by atoms with Crippen molar-refractivity contribution in [3.63, 3.8) is 0 Å². The number of carbonyl (C=O) groups is 2. The van der Waals surface area contributed by atoms with Crippen molar-refractivity contribution in [3.05, 3.63) is 76.1 Å². The quantitative estimate of drug-likeness (QED) is 0.202. The molecule has 0 aliphatic carbocycles. The number of hydrogen-bond acceptors (Lipinski definition) is 6. The third-order valence-electron chi connectivity index (χ3n) is 5.75. The minimum absolute atomic E-state index is 0.0561. The normalized spacial score (nSPS) is 15.0. The summed E-state index contributed by atoms with van der Waals surface area (Å²) in [7, 11) is 0. The number of nitro benzene ring substituents is 1. The molecule has 0 radical (unpaired) electrons. The van der Waals surface area contributed by atoms with E-state index in [9.17, 15) is 29.9 Å². The molecule has 1 atom stereocenters. The highest BCUT2D eigenvalue weighted by molar-refractivity contribution is 6.50. The summed E-state index contributed by atoms with van der Waals surface area (Å²) in [6, 6.07) is 11.5. The van der Waals surface area contributed by atoms with E-state index in [-0.39, 0.29) is 23.4 Å². The lowest BCUT2D eigenvalue weighted by Gasteiger charge is -2.09. The first-order valence-corrected chi connectivity index (χ1v) is 10.1. The summed E-state index contributed by atoms with van der Waals surface area (Å²) in [6.45, 7) is -0.564. The van der Waals surface area contributed by atoms with E-state index in [4.69, 9.17) is 0 Å². The second-order valence-corrected chi connectivity index (χ2v) is 7.77. The number of H-pyrrole nitrogens is 1. The van der Waals surface area contributed by atoms with Crippen molar-refractivity contribution in [2.45, 2.75) is 12.6 Å². The average molecular weight is 446 g/mol. The van der Waals surface area contributed by atoms with E-state index in [1.54, 1.807) is 12.4 Å². The van der Waals surface area contributed by atoms with Gasteiger partial charge in [-0.25, -0.2) is 0 Å². The third kappa shape index (κ3) is 3.28. The number of aliphatic hydroxyl groups is 2. The number of non-ortho nitro benzene ring substituents is 1. The van der Waals surface area contributed by atoms with E-state index in [1.807, 2.05) is 24.3 Å². The molecule has 1 aliphatic rings. The molecule has 1 unspecified atom stereocenters. The maximum atomic E-state index is 12.9. The first kappa shape index (κ1) is 20.6. The van der Waals surface area contributed by atoms with E-state index in [2.05, 4.69) is 10.3 Å². The largest absolute Gasteiger partial charge is 0.394 e. The molecule has 1 aliphatic heterocycles. The molecule has 5 rings (SSSR count). The fourth-order valence-corrected chi connectivity index (χ4v) is 4.28. The number of nitrogens with one attached hydrogen (secondary N) is 2. The zero-order chi connectivity index (χ0) is 23.3. The Kier molecular flexibility index (Phi) is 4.81. The van der Waals surface area contributed by atoms with Gasteiger partial charge in [0.05, 0.1) is 40.8 Å². The number of fused-ring (bicyclic) bond motifs is 2. The number of nitro groups is 1. The Hall–Kier alpha value is -4.28. The standard InChI is InChI=1S/C23H18N4O6/c28-11-13(29)9-26-10-17(15-6-5-12(27(32)33)7-19(15)26)21-20(22(30)25-23(21)31)16-8-24-18-4-2-1-3-14(16)18/h1-8,10,13,24,28-29H,9,11H2,(H,25,30,31). The average Bonchev–Trinajstić information content (AvgIpc) is 3.46. The van der Waals surface area contributed by atoms with E-state index in [0.29, 0.717) is 22.0 Å². The van der Waals surface area contributed by atoms with Gasteiger partial charge in [0.25, 0.3) is 17.5 Å². The van der Waals surface area contributed by atoms with Crippen molar-refractivity contribution >= 4 is 50.5 Å². The number of aromatic nitrogens is 2. The van der Waals surface area contributed by atoms with Gasteiger partial charge in [-0.3, -0.25) is 25.0 Å². The lowest BCUT2D eigenvalue weighted by Crippen LogP contribution is -2.22. The number of imide groups is 1. The Morgan fingerprint density at radius 3 is 2.48 bits per heavy atom. The topological polar surface area (TPSA) is 150 Å². The van der Waals surface area contributed by atoms with E-state index in [0.717, 1.165) is 10.9 Å². The second-order valence-electron chi connectivity index (χ2n) is 7.77. The summed E-state index contributed by atoms with van der Waals surface area (Å²) < 4.78 is 1.54. The van der Waals surface area contributed by atoms with Crippen LogP contribution in [0.1, 0.15) is 11.1 Å². The molecule has 10 nitrogen and oxygen atoms in total. The van der Waals surface area contributed by atoms with Crippen molar-refractivity contribution in [1.29, 1.82) is 0 Å². The van der Waals surface area contributed by atoms with Gasteiger partial charge in [-0.2, -0.15) is 0 Å². The molecule has 2 aromatic heterocycles. The van der Waals surface area contributed by atoms with Crippen LogP contribution in [0.4, 0.5) is 5.69 Å². The zero-order valence-corrected chi connectivity index (χ0v) is 17.1. The van der Waals surface area contributed by atoms with Crippen molar-refractivity contribution in [3.8, 4) is 0 Å².